The molecule has 1 unspecified atom stereocenters. The predicted molar refractivity (Wildman–Crippen MR) is 55.8 cm³/mol. The highest BCUT2D eigenvalue weighted by atomic mass is 32.2. The first-order valence-electron chi connectivity index (χ1n) is 4.36. The molecule has 0 aliphatic heterocycles. The molecule has 0 aliphatic carbocycles. The third-order valence-electron chi connectivity index (χ3n) is 1.89. The second-order valence-corrected chi connectivity index (χ2v) is 3.72. The van der Waals surface area contributed by atoms with Crippen molar-refractivity contribution in [1.82, 2.24) is 9.97 Å². The van der Waals surface area contributed by atoms with Gasteiger partial charge in [0, 0.05) is 18.4 Å². The van der Waals surface area contributed by atoms with E-state index in [-0.39, 0.29) is 6.04 Å². The van der Waals surface area contributed by atoms with Crippen LogP contribution >= 0.6 is 11.8 Å². The van der Waals surface area contributed by atoms with Crippen molar-refractivity contribution in [2.75, 3.05) is 6.26 Å². The Morgan fingerprint density at radius 3 is 2.54 bits per heavy atom. The quantitative estimate of drug-likeness (QED) is 0.587. The summed E-state index contributed by atoms with van der Waals surface area (Å²) in [7, 11) is 0. The molecule has 2 N–H and O–H groups in total. The lowest BCUT2D eigenvalue weighted by molar-refractivity contribution is 0.641. The van der Waals surface area contributed by atoms with E-state index in [1.165, 1.54) is 0 Å². The van der Waals surface area contributed by atoms with E-state index in [1.807, 2.05) is 18.6 Å². The lowest BCUT2D eigenvalue weighted by atomic mass is 10.1. The molecule has 0 aliphatic rings. The molecule has 0 bridgehead atoms. The van der Waals surface area contributed by atoms with Crippen LogP contribution < -0.4 is 5.73 Å². The summed E-state index contributed by atoms with van der Waals surface area (Å²) in [6.45, 7) is 2.09. The smallest absolute Gasteiger partial charge is 0.187 e. The summed E-state index contributed by atoms with van der Waals surface area (Å²) in [6, 6.07) is 0.226. The van der Waals surface area contributed by atoms with E-state index >= 15 is 0 Å². The van der Waals surface area contributed by atoms with Gasteiger partial charge in [-0.05, 0) is 24.7 Å². The molecule has 0 radical (unpaired) electrons. The van der Waals surface area contributed by atoms with Gasteiger partial charge in [0.2, 0.25) is 0 Å². The zero-order valence-corrected chi connectivity index (χ0v) is 8.84. The topological polar surface area (TPSA) is 51.8 Å². The average Bonchev–Trinajstić information content (AvgIpc) is 2.19. The molecule has 0 spiro atoms. The molecule has 1 atom stereocenters. The molecule has 1 aromatic heterocycles. The van der Waals surface area contributed by atoms with Crippen LogP contribution in [0.4, 0.5) is 0 Å². The summed E-state index contributed by atoms with van der Waals surface area (Å²) in [5.74, 6) is 0. The molecular weight excluding hydrogens is 182 g/mol. The largest absolute Gasteiger partial charge is 0.327 e. The third kappa shape index (κ3) is 3.32. The Morgan fingerprint density at radius 1 is 1.46 bits per heavy atom. The number of hydrogen-bond donors (Lipinski definition) is 1. The molecule has 1 aromatic rings. The van der Waals surface area contributed by atoms with E-state index in [1.54, 1.807) is 11.8 Å². The van der Waals surface area contributed by atoms with Crippen LogP contribution in [-0.4, -0.2) is 22.3 Å². The zero-order valence-electron chi connectivity index (χ0n) is 8.03. The monoisotopic (exact) mass is 197 g/mol. The van der Waals surface area contributed by atoms with Crippen LogP contribution in [0.3, 0.4) is 0 Å². The Morgan fingerprint density at radius 2 is 2.08 bits per heavy atom. The van der Waals surface area contributed by atoms with E-state index in [4.69, 9.17) is 5.73 Å². The van der Waals surface area contributed by atoms with Gasteiger partial charge in [-0.25, -0.2) is 9.97 Å². The van der Waals surface area contributed by atoms with Crippen molar-refractivity contribution < 1.29 is 0 Å². The van der Waals surface area contributed by atoms with Gasteiger partial charge in [-0.3, -0.25) is 0 Å². The van der Waals surface area contributed by atoms with Crippen molar-refractivity contribution in [2.45, 2.75) is 31.0 Å². The van der Waals surface area contributed by atoms with Crippen LogP contribution in [-0.2, 0) is 6.42 Å². The fraction of sp³-hybridized carbons (Fsp3) is 0.556. The first-order valence-corrected chi connectivity index (χ1v) is 5.59. The van der Waals surface area contributed by atoms with Gasteiger partial charge in [-0.1, -0.05) is 18.7 Å². The maximum atomic E-state index is 5.81. The number of thioether (sulfide) groups is 1. The standard InChI is InChI=1S/C9H15N3S/c1-3-8(10)4-7-5-11-9(13-2)12-6-7/h5-6,8H,3-4,10H2,1-2H3. The average molecular weight is 197 g/mol. The minimum Gasteiger partial charge on any atom is -0.327 e. The fourth-order valence-corrected chi connectivity index (χ4v) is 1.32. The first kappa shape index (κ1) is 10.5. The minimum absolute atomic E-state index is 0.226. The second-order valence-electron chi connectivity index (χ2n) is 2.95. The lowest BCUT2D eigenvalue weighted by Crippen LogP contribution is -2.21. The van der Waals surface area contributed by atoms with Crippen LogP contribution in [0, 0.1) is 0 Å². The fourth-order valence-electron chi connectivity index (χ4n) is 1.00. The molecule has 0 aromatic carbocycles. The molecule has 3 nitrogen and oxygen atoms in total. The molecule has 1 heterocycles. The highest BCUT2D eigenvalue weighted by Crippen LogP contribution is 2.08. The highest BCUT2D eigenvalue weighted by Gasteiger charge is 2.02. The normalized spacial score (nSPS) is 12.8. The molecule has 4 heteroatoms. The Balaban J connectivity index is 2.58. The molecule has 0 amide bonds. The van der Waals surface area contributed by atoms with Crippen molar-refractivity contribution >= 4 is 11.8 Å². The van der Waals surface area contributed by atoms with Crippen LogP contribution in [0.2, 0.25) is 0 Å². The molecular formula is C9H15N3S. The van der Waals surface area contributed by atoms with E-state index < -0.39 is 0 Å². The van der Waals surface area contributed by atoms with Gasteiger partial charge in [-0.15, -0.1) is 0 Å². The predicted octanol–water partition coefficient (Wildman–Crippen LogP) is 1.48. The molecule has 1 rings (SSSR count). The Labute approximate surface area is 83.2 Å². The Kier molecular flexibility index (Phi) is 4.18. The molecule has 0 fully saturated rings. The lowest BCUT2D eigenvalue weighted by Gasteiger charge is -2.07. The van der Waals surface area contributed by atoms with Crippen molar-refractivity contribution in [2.24, 2.45) is 5.73 Å². The van der Waals surface area contributed by atoms with Crippen LogP contribution in [0.1, 0.15) is 18.9 Å². The summed E-state index contributed by atoms with van der Waals surface area (Å²) in [5.41, 5.74) is 6.93. The number of aromatic nitrogens is 2. The molecule has 72 valence electrons. The van der Waals surface area contributed by atoms with Gasteiger partial charge < -0.3 is 5.73 Å². The number of rotatable bonds is 4. The highest BCUT2D eigenvalue weighted by molar-refractivity contribution is 7.98. The molecule has 0 saturated heterocycles. The first-order chi connectivity index (χ1) is 6.26. The Bertz CT molecular complexity index is 248. The number of nitrogens with zero attached hydrogens (tertiary/aromatic N) is 2. The third-order valence-corrected chi connectivity index (χ3v) is 2.46. The second kappa shape index (κ2) is 5.19. The van der Waals surface area contributed by atoms with Crippen LogP contribution in [0.5, 0.6) is 0 Å². The summed E-state index contributed by atoms with van der Waals surface area (Å²) >= 11 is 1.55. The Hall–Kier alpha value is -0.610. The van der Waals surface area contributed by atoms with Gasteiger partial charge in [0.1, 0.15) is 0 Å². The van der Waals surface area contributed by atoms with E-state index in [0.29, 0.717) is 0 Å². The van der Waals surface area contributed by atoms with Crippen molar-refractivity contribution in [3.63, 3.8) is 0 Å². The number of hydrogen-bond acceptors (Lipinski definition) is 4. The van der Waals surface area contributed by atoms with Gasteiger partial charge in [0.05, 0.1) is 0 Å². The van der Waals surface area contributed by atoms with Crippen molar-refractivity contribution in [1.29, 1.82) is 0 Å². The zero-order chi connectivity index (χ0) is 9.68. The van der Waals surface area contributed by atoms with Gasteiger partial charge in [0.25, 0.3) is 0 Å². The number of nitrogens with two attached hydrogens (primary N) is 1. The van der Waals surface area contributed by atoms with Gasteiger partial charge in [-0.2, -0.15) is 0 Å². The van der Waals surface area contributed by atoms with E-state index in [2.05, 4.69) is 16.9 Å². The molecule has 0 saturated carbocycles. The summed E-state index contributed by atoms with van der Waals surface area (Å²) in [4.78, 5) is 8.36. The minimum atomic E-state index is 0.226. The van der Waals surface area contributed by atoms with Crippen molar-refractivity contribution in [3.8, 4) is 0 Å². The SMILES string of the molecule is CCC(N)Cc1cnc(SC)nc1. The van der Waals surface area contributed by atoms with Crippen molar-refractivity contribution in [3.05, 3.63) is 18.0 Å². The van der Waals surface area contributed by atoms with Gasteiger partial charge in [0.15, 0.2) is 5.16 Å². The molecule has 13 heavy (non-hydrogen) atoms. The summed E-state index contributed by atoms with van der Waals surface area (Å²) in [5, 5.41) is 0.814. The summed E-state index contributed by atoms with van der Waals surface area (Å²) in [6.07, 6.45) is 7.53. The van der Waals surface area contributed by atoms with Gasteiger partial charge >= 0.3 is 0 Å². The summed E-state index contributed by atoms with van der Waals surface area (Å²) < 4.78 is 0. The maximum Gasteiger partial charge on any atom is 0.187 e. The van der Waals surface area contributed by atoms with Crippen LogP contribution in [0.25, 0.3) is 0 Å². The van der Waals surface area contributed by atoms with E-state index in [9.17, 15) is 0 Å². The maximum absolute atomic E-state index is 5.81. The van der Waals surface area contributed by atoms with Crippen LogP contribution in [0.15, 0.2) is 17.6 Å². The van der Waals surface area contributed by atoms with E-state index in [0.717, 1.165) is 23.6 Å².